The molecule has 80 valence electrons. The Morgan fingerprint density at radius 2 is 2.27 bits per heavy atom. The highest BCUT2D eigenvalue weighted by atomic mass is 79.9. The normalized spacial score (nSPS) is 9.47. The van der Waals surface area contributed by atoms with Gasteiger partial charge in [-0.25, -0.2) is 4.79 Å². The van der Waals surface area contributed by atoms with Gasteiger partial charge in [-0.15, -0.1) is 0 Å². The Balaban J connectivity index is 3.06. The standard InChI is InChI=1S/C9H9BrN2O2S/c1-14-9(13)12-7-3-2-5(10)4-6(7)8(11)15/h2-4H,1H3,(H2,11,15)(H,12,13). The van der Waals surface area contributed by atoms with Crippen molar-refractivity contribution in [3.05, 3.63) is 28.2 Å². The Morgan fingerprint density at radius 1 is 1.60 bits per heavy atom. The number of nitrogens with one attached hydrogen (secondary N) is 1. The number of carbonyl (C=O) groups is 1. The fourth-order valence-corrected chi connectivity index (χ4v) is 1.52. The van der Waals surface area contributed by atoms with Gasteiger partial charge in [0.05, 0.1) is 12.8 Å². The quantitative estimate of drug-likeness (QED) is 0.820. The second kappa shape index (κ2) is 5.09. The molecule has 0 bridgehead atoms. The molecule has 0 atom stereocenters. The average Bonchev–Trinajstić information content (AvgIpc) is 2.20. The molecule has 0 spiro atoms. The zero-order chi connectivity index (χ0) is 11.4. The lowest BCUT2D eigenvalue weighted by Crippen LogP contribution is -2.17. The number of nitrogens with two attached hydrogens (primary N) is 1. The predicted molar refractivity (Wildman–Crippen MR) is 66.1 cm³/mol. The summed E-state index contributed by atoms with van der Waals surface area (Å²) in [5.41, 5.74) is 6.63. The average molecular weight is 289 g/mol. The topological polar surface area (TPSA) is 64.3 Å². The van der Waals surface area contributed by atoms with E-state index in [1.165, 1.54) is 7.11 Å². The van der Waals surface area contributed by atoms with Gasteiger partial charge in [0.15, 0.2) is 0 Å². The van der Waals surface area contributed by atoms with Crippen LogP contribution in [0.1, 0.15) is 5.56 Å². The van der Waals surface area contributed by atoms with E-state index >= 15 is 0 Å². The van der Waals surface area contributed by atoms with E-state index in [1.54, 1.807) is 18.2 Å². The first-order valence-corrected chi connectivity index (χ1v) is 5.19. The van der Waals surface area contributed by atoms with E-state index in [0.717, 1.165) is 4.47 Å². The molecule has 6 heteroatoms. The van der Waals surface area contributed by atoms with Crippen molar-refractivity contribution in [3.8, 4) is 0 Å². The van der Waals surface area contributed by atoms with Crippen molar-refractivity contribution in [3.63, 3.8) is 0 Å². The molecular formula is C9H9BrN2O2S. The molecule has 0 aliphatic rings. The zero-order valence-electron chi connectivity index (χ0n) is 7.91. The molecule has 1 aromatic carbocycles. The third kappa shape index (κ3) is 3.17. The van der Waals surface area contributed by atoms with Gasteiger partial charge in [0, 0.05) is 10.0 Å². The lowest BCUT2D eigenvalue weighted by molar-refractivity contribution is 0.187. The molecule has 0 unspecified atom stereocenters. The zero-order valence-corrected chi connectivity index (χ0v) is 10.3. The van der Waals surface area contributed by atoms with Crippen LogP contribution in [0.2, 0.25) is 0 Å². The summed E-state index contributed by atoms with van der Waals surface area (Å²) in [6, 6.07) is 5.19. The first-order chi connectivity index (χ1) is 7.04. The van der Waals surface area contributed by atoms with Crippen LogP contribution in [0, 0.1) is 0 Å². The van der Waals surface area contributed by atoms with Crippen molar-refractivity contribution in [2.45, 2.75) is 0 Å². The number of hydrogen-bond acceptors (Lipinski definition) is 3. The Kier molecular flexibility index (Phi) is 4.05. The van der Waals surface area contributed by atoms with Crippen LogP contribution < -0.4 is 11.1 Å². The number of thiocarbonyl (C=S) groups is 1. The summed E-state index contributed by atoms with van der Waals surface area (Å²) >= 11 is 8.15. The molecular weight excluding hydrogens is 280 g/mol. The van der Waals surface area contributed by atoms with Gasteiger partial charge in [0.1, 0.15) is 4.99 Å². The number of hydrogen-bond donors (Lipinski definition) is 2. The minimum absolute atomic E-state index is 0.211. The molecule has 0 heterocycles. The molecule has 4 nitrogen and oxygen atoms in total. The number of benzene rings is 1. The number of anilines is 1. The molecule has 0 aromatic heterocycles. The van der Waals surface area contributed by atoms with Crippen molar-refractivity contribution in [1.29, 1.82) is 0 Å². The molecule has 0 fully saturated rings. The van der Waals surface area contributed by atoms with Gasteiger partial charge < -0.3 is 10.5 Å². The number of ether oxygens (including phenoxy) is 1. The molecule has 0 radical (unpaired) electrons. The SMILES string of the molecule is COC(=O)Nc1ccc(Br)cc1C(N)=S. The third-order valence-electron chi connectivity index (χ3n) is 1.67. The monoisotopic (exact) mass is 288 g/mol. The van der Waals surface area contributed by atoms with Crippen LogP contribution in [-0.2, 0) is 4.74 Å². The van der Waals surface area contributed by atoms with E-state index in [-0.39, 0.29) is 4.99 Å². The molecule has 0 saturated heterocycles. The highest BCUT2D eigenvalue weighted by Crippen LogP contribution is 2.21. The summed E-state index contributed by atoms with van der Waals surface area (Å²) in [4.78, 5) is 11.2. The largest absolute Gasteiger partial charge is 0.453 e. The minimum Gasteiger partial charge on any atom is -0.453 e. The van der Waals surface area contributed by atoms with Crippen LogP contribution in [0.5, 0.6) is 0 Å². The summed E-state index contributed by atoms with van der Waals surface area (Å²) in [6.07, 6.45) is -0.560. The molecule has 1 rings (SSSR count). The fourth-order valence-electron chi connectivity index (χ4n) is 0.990. The van der Waals surface area contributed by atoms with Crippen LogP contribution in [0.4, 0.5) is 10.5 Å². The molecule has 0 aliphatic carbocycles. The second-order valence-electron chi connectivity index (χ2n) is 2.67. The number of halogens is 1. The van der Waals surface area contributed by atoms with Gasteiger partial charge in [-0.05, 0) is 18.2 Å². The van der Waals surface area contributed by atoms with Crippen molar-refractivity contribution in [2.24, 2.45) is 5.73 Å². The fraction of sp³-hybridized carbons (Fsp3) is 0.111. The van der Waals surface area contributed by atoms with Crippen molar-refractivity contribution in [1.82, 2.24) is 0 Å². The highest BCUT2D eigenvalue weighted by Gasteiger charge is 2.08. The highest BCUT2D eigenvalue weighted by molar-refractivity contribution is 9.10. The summed E-state index contributed by atoms with van der Waals surface area (Å²) in [5.74, 6) is 0. The second-order valence-corrected chi connectivity index (χ2v) is 4.03. The van der Waals surface area contributed by atoms with E-state index in [0.29, 0.717) is 11.3 Å². The molecule has 0 aliphatic heterocycles. The van der Waals surface area contributed by atoms with Gasteiger partial charge in [-0.3, -0.25) is 5.32 Å². The summed E-state index contributed by atoms with van der Waals surface area (Å²) < 4.78 is 5.31. The Hall–Kier alpha value is -1.14. The third-order valence-corrected chi connectivity index (χ3v) is 2.38. The summed E-state index contributed by atoms with van der Waals surface area (Å²) in [7, 11) is 1.29. The van der Waals surface area contributed by atoms with Crippen LogP contribution >= 0.6 is 28.1 Å². The molecule has 1 amide bonds. The molecule has 1 aromatic rings. The van der Waals surface area contributed by atoms with Crippen LogP contribution in [0.15, 0.2) is 22.7 Å². The van der Waals surface area contributed by atoms with E-state index < -0.39 is 6.09 Å². The van der Waals surface area contributed by atoms with E-state index in [4.69, 9.17) is 18.0 Å². The van der Waals surface area contributed by atoms with Crippen LogP contribution in [0.25, 0.3) is 0 Å². The van der Waals surface area contributed by atoms with E-state index in [2.05, 4.69) is 26.0 Å². The van der Waals surface area contributed by atoms with E-state index in [9.17, 15) is 4.79 Å². The maximum Gasteiger partial charge on any atom is 0.411 e. The first kappa shape index (κ1) is 11.9. The van der Waals surface area contributed by atoms with E-state index in [1.807, 2.05) is 0 Å². The van der Waals surface area contributed by atoms with Gasteiger partial charge in [-0.2, -0.15) is 0 Å². The Morgan fingerprint density at radius 3 is 2.80 bits per heavy atom. The number of carbonyl (C=O) groups excluding carboxylic acids is 1. The summed E-state index contributed by atoms with van der Waals surface area (Å²) in [6.45, 7) is 0. The molecule has 15 heavy (non-hydrogen) atoms. The van der Waals surface area contributed by atoms with Gasteiger partial charge in [0.25, 0.3) is 0 Å². The Bertz CT molecular complexity index is 409. The van der Waals surface area contributed by atoms with Gasteiger partial charge in [0.2, 0.25) is 0 Å². The first-order valence-electron chi connectivity index (χ1n) is 3.99. The maximum atomic E-state index is 11.0. The van der Waals surface area contributed by atoms with Gasteiger partial charge in [-0.1, -0.05) is 28.1 Å². The number of rotatable bonds is 2. The minimum atomic E-state index is -0.560. The smallest absolute Gasteiger partial charge is 0.411 e. The van der Waals surface area contributed by atoms with Crippen molar-refractivity contribution >= 4 is 44.9 Å². The molecule has 3 N–H and O–H groups in total. The number of methoxy groups -OCH3 is 1. The molecule has 0 saturated carbocycles. The van der Waals surface area contributed by atoms with Crippen LogP contribution in [-0.4, -0.2) is 18.2 Å². The maximum absolute atomic E-state index is 11.0. The van der Waals surface area contributed by atoms with Crippen molar-refractivity contribution in [2.75, 3.05) is 12.4 Å². The van der Waals surface area contributed by atoms with Crippen molar-refractivity contribution < 1.29 is 9.53 Å². The lowest BCUT2D eigenvalue weighted by atomic mass is 10.2. The Labute approximate surface area is 101 Å². The van der Waals surface area contributed by atoms with Crippen LogP contribution in [0.3, 0.4) is 0 Å². The lowest BCUT2D eigenvalue weighted by Gasteiger charge is -2.09. The summed E-state index contributed by atoms with van der Waals surface area (Å²) in [5, 5.41) is 2.52. The van der Waals surface area contributed by atoms with Gasteiger partial charge >= 0.3 is 6.09 Å². The number of amides is 1. The predicted octanol–water partition coefficient (Wildman–Crippen LogP) is 2.26.